The molecule has 0 saturated carbocycles. The van der Waals surface area contributed by atoms with Crippen molar-refractivity contribution < 1.29 is 9.59 Å². The fourth-order valence-corrected chi connectivity index (χ4v) is 1.68. The predicted octanol–water partition coefficient (Wildman–Crippen LogP) is 0.193. The first-order valence-electron chi connectivity index (χ1n) is 4.79. The fourth-order valence-electron chi connectivity index (χ4n) is 1.57. The van der Waals surface area contributed by atoms with Crippen LogP contribution in [0.4, 0.5) is 0 Å². The van der Waals surface area contributed by atoms with Crippen LogP contribution in [0.15, 0.2) is 18.3 Å². The molecule has 2 rings (SSSR count). The Bertz CT molecular complexity index is 403. The number of nitrogens with one attached hydrogen (secondary N) is 1. The molecule has 0 unspecified atom stereocenters. The monoisotopic (exact) mass is 239 g/mol. The molecule has 2 heterocycles. The van der Waals surface area contributed by atoms with E-state index in [0.717, 1.165) is 5.56 Å². The standard InChI is InChI=1S/C10H10ClN3O2/c11-8-2-1-7(3-12-8)4-14-5-9(15)13-10(16)6-14/h1-3H,4-6H2,(H,13,15,16). The number of nitrogens with zero attached hydrogens (tertiary/aromatic N) is 2. The molecular formula is C10H10ClN3O2. The van der Waals surface area contributed by atoms with Crippen molar-refractivity contribution in [1.82, 2.24) is 15.2 Å². The number of amides is 2. The Kier molecular flexibility index (Phi) is 3.17. The summed E-state index contributed by atoms with van der Waals surface area (Å²) in [6, 6.07) is 3.51. The van der Waals surface area contributed by atoms with Crippen molar-refractivity contribution in [3.8, 4) is 0 Å². The zero-order valence-corrected chi connectivity index (χ0v) is 9.20. The van der Waals surface area contributed by atoms with Gasteiger partial charge in [-0.25, -0.2) is 4.98 Å². The molecule has 0 atom stereocenters. The minimum absolute atomic E-state index is 0.231. The second-order valence-electron chi connectivity index (χ2n) is 3.61. The molecule has 84 valence electrons. The molecule has 0 aliphatic carbocycles. The second kappa shape index (κ2) is 4.59. The third kappa shape index (κ3) is 2.77. The summed E-state index contributed by atoms with van der Waals surface area (Å²) < 4.78 is 0. The first-order chi connectivity index (χ1) is 7.63. The van der Waals surface area contributed by atoms with E-state index in [4.69, 9.17) is 11.6 Å². The van der Waals surface area contributed by atoms with Crippen molar-refractivity contribution in [1.29, 1.82) is 0 Å². The van der Waals surface area contributed by atoms with Crippen molar-refractivity contribution >= 4 is 23.4 Å². The van der Waals surface area contributed by atoms with Gasteiger partial charge in [-0.15, -0.1) is 0 Å². The molecule has 6 heteroatoms. The van der Waals surface area contributed by atoms with E-state index in [9.17, 15) is 9.59 Å². The van der Waals surface area contributed by atoms with E-state index in [2.05, 4.69) is 10.3 Å². The van der Waals surface area contributed by atoms with Crippen molar-refractivity contribution in [3.63, 3.8) is 0 Å². The first kappa shape index (κ1) is 11.0. The fraction of sp³-hybridized carbons (Fsp3) is 0.300. The zero-order chi connectivity index (χ0) is 11.5. The summed E-state index contributed by atoms with van der Waals surface area (Å²) in [7, 11) is 0. The summed E-state index contributed by atoms with van der Waals surface area (Å²) in [5, 5.41) is 2.67. The molecule has 16 heavy (non-hydrogen) atoms. The molecule has 1 aliphatic heterocycles. The zero-order valence-electron chi connectivity index (χ0n) is 8.44. The van der Waals surface area contributed by atoms with Crippen molar-refractivity contribution in [2.45, 2.75) is 6.54 Å². The Hall–Kier alpha value is -1.46. The van der Waals surface area contributed by atoms with Gasteiger partial charge in [0.15, 0.2) is 0 Å². The molecule has 1 saturated heterocycles. The van der Waals surface area contributed by atoms with Crippen molar-refractivity contribution in [3.05, 3.63) is 29.0 Å². The smallest absolute Gasteiger partial charge is 0.240 e. The Morgan fingerprint density at radius 2 is 2.00 bits per heavy atom. The molecule has 0 bridgehead atoms. The molecule has 0 radical (unpaired) electrons. The summed E-state index contributed by atoms with van der Waals surface area (Å²) in [6.07, 6.45) is 1.64. The number of carbonyl (C=O) groups is 2. The lowest BCUT2D eigenvalue weighted by Gasteiger charge is -2.24. The van der Waals surface area contributed by atoms with Crippen molar-refractivity contribution in [2.75, 3.05) is 13.1 Å². The van der Waals surface area contributed by atoms with Gasteiger partial charge in [0.25, 0.3) is 0 Å². The molecule has 1 N–H and O–H groups in total. The lowest BCUT2D eigenvalue weighted by atomic mass is 10.2. The van der Waals surface area contributed by atoms with E-state index in [-0.39, 0.29) is 24.9 Å². The van der Waals surface area contributed by atoms with E-state index in [1.54, 1.807) is 17.2 Å². The minimum Gasteiger partial charge on any atom is -0.294 e. The van der Waals surface area contributed by atoms with Gasteiger partial charge in [-0.3, -0.25) is 19.8 Å². The highest BCUT2D eigenvalue weighted by atomic mass is 35.5. The highest BCUT2D eigenvalue weighted by Crippen LogP contribution is 2.08. The lowest BCUT2D eigenvalue weighted by Crippen LogP contribution is -2.50. The maximum absolute atomic E-state index is 11.1. The van der Waals surface area contributed by atoms with E-state index in [1.807, 2.05) is 6.07 Å². The molecule has 1 aromatic heterocycles. The Balaban J connectivity index is 2.01. The quantitative estimate of drug-likeness (QED) is 0.591. The number of hydrogen-bond donors (Lipinski definition) is 1. The maximum atomic E-state index is 11.1. The largest absolute Gasteiger partial charge is 0.294 e. The van der Waals surface area contributed by atoms with Crippen LogP contribution < -0.4 is 5.32 Å². The van der Waals surface area contributed by atoms with Gasteiger partial charge in [0.2, 0.25) is 11.8 Å². The molecule has 1 fully saturated rings. The minimum atomic E-state index is -0.266. The molecule has 2 amide bonds. The van der Waals surface area contributed by atoms with Crippen LogP contribution >= 0.6 is 11.6 Å². The van der Waals surface area contributed by atoms with Gasteiger partial charge in [0.05, 0.1) is 13.1 Å². The third-order valence-corrected chi connectivity index (χ3v) is 2.43. The summed E-state index contributed by atoms with van der Waals surface area (Å²) in [6.45, 7) is 0.978. The number of aromatic nitrogens is 1. The van der Waals surface area contributed by atoms with Gasteiger partial charge in [-0.05, 0) is 11.6 Å². The molecule has 5 nitrogen and oxygen atoms in total. The summed E-state index contributed by atoms with van der Waals surface area (Å²) in [4.78, 5) is 27.9. The first-order valence-corrected chi connectivity index (χ1v) is 5.17. The van der Waals surface area contributed by atoms with Crippen LogP contribution in [0.1, 0.15) is 5.56 Å². The molecular weight excluding hydrogens is 230 g/mol. The van der Waals surface area contributed by atoms with E-state index < -0.39 is 0 Å². The molecule has 1 aromatic rings. The average molecular weight is 240 g/mol. The van der Waals surface area contributed by atoms with E-state index in [0.29, 0.717) is 11.7 Å². The maximum Gasteiger partial charge on any atom is 0.240 e. The number of rotatable bonds is 2. The third-order valence-electron chi connectivity index (χ3n) is 2.21. The van der Waals surface area contributed by atoms with Crippen LogP contribution in [0.5, 0.6) is 0 Å². The highest BCUT2D eigenvalue weighted by molar-refractivity contribution is 6.29. The highest BCUT2D eigenvalue weighted by Gasteiger charge is 2.22. The second-order valence-corrected chi connectivity index (χ2v) is 3.99. The SMILES string of the molecule is O=C1CN(Cc2ccc(Cl)nc2)CC(=O)N1. The number of halogens is 1. The Morgan fingerprint density at radius 1 is 1.31 bits per heavy atom. The normalized spacial score (nSPS) is 17.3. The van der Waals surface area contributed by atoms with E-state index >= 15 is 0 Å². The van der Waals surface area contributed by atoms with Crippen LogP contribution in [-0.4, -0.2) is 34.8 Å². The van der Waals surface area contributed by atoms with Crippen LogP contribution in [-0.2, 0) is 16.1 Å². The molecule has 0 aromatic carbocycles. The number of carbonyl (C=O) groups excluding carboxylic acids is 2. The van der Waals surface area contributed by atoms with E-state index in [1.165, 1.54) is 0 Å². The summed E-state index contributed by atoms with van der Waals surface area (Å²) in [5.41, 5.74) is 0.923. The van der Waals surface area contributed by atoms with Gasteiger partial charge >= 0.3 is 0 Å². The Morgan fingerprint density at radius 3 is 2.56 bits per heavy atom. The molecule has 1 aliphatic rings. The number of piperazine rings is 1. The van der Waals surface area contributed by atoms with Gasteiger partial charge in [-0.1, -0.05) is 17.7 Å². The van der Waals surface area contributed by atoms with Gasteiger partial charge < -0.3 is 0 Å². The van der Waals surface area contributed by atoms with Gasteiger partial charge in [-0.2, -0.15) is 0 Å². The van der Waals surface area contributed by atoms with Crippen LogP contribution in [0, 0.1) is 0 Å². The van der Waals surface area contributed by atoms with Crippen LogP contribution in [0.3, 0.4) is 0 Å². The lowest BCUT2D eigenvalue weighted by molar-refractivity contribution is -0.136. The molecule has 0 spiro atoms. The average Bonchev–Trinajstić information content (AvgIpc) is 2.20. The van der Waals surface area contributed by atoms with Crippen molar-refractivity contribution in [2.24, 2.45) is 0 Å². The Labute approximate surface area is 97.4 Å². The van der Waals surface area contributed by atoms with Crippen LogP contribution in [0.2, 0.25) is 5.15 Å². The summed E-state index contributed by atoms with van der Waals surface area (Å²) >= 11 is 5.66. The topological polar surface area (TPSA) is 62.3 Å². The predicted molar refractivity (Wildman–Crippen MR) is 57.7 cm³/mol. The number of imide groups is 1. The van der Waals surface area contributed by atoms with Gasteiger partial charge in [0, 0.05) is 12.7 Å². The van der Waals surface area contributed by atoms with Gasteiger partial charge in [0.1, 0.15) is 5.15 Å². The van der Waals surface area contributed by atoms with Crippen LogP contribution in [0.25, 0.3) is 0 Å². The summed E-state index contributed by atoms with van der Waals surface area (Å²) in [5.74, 6) is -0.531. The number of pyridine rings is 1. The number of hydrogen-bond acceptors (Lipinski definition) is 4.